The quantitative estimate of drug-likeness (QED) is 0.228. The van der Waals surface area contributed by atoms with E-state index >= 15 is 0 Å². The summed E-state index contributed by atoms with van der Waals surface area (Å²) in [6.45, 7) is 0.457. The van der Waals surface area contributed by atoms with Gasteiger partial charge in [0.2, 0.25) is 10.0 Å². The monoisotopic (exact) mass is 503 g/mol. The molecule has 1 heterocycles. The maximum atomic E-state index is 12.0. The van der Waals surface area contributed by atoms with Crippen molar-refractivity contribution in [2.45, 2.75) is 17.9 Å². The van der Waals surface area contributed by atoms with Crippen LogP contribution in [0.15, 0.2) is 76.6 Å². The summed E-state index contributed by atoms with van der Waals surface area (Å²) < 4.78 is 21.2. The zero-order valence-corrected chi connectivity index (χ0v) is 19.7. The van der Waals surface area contributed by atoms with Crippen LogP contribution in [-0.2, 0) is 21.4 Å². The Morgan fingerprint density at radius 2 is 1.62 bits per heavy atom. The lowest BCUT2D eigenvalue weighted by molar-refractivity contribution is -0.136. The molecule has 180 valence electrons. The van der Waals surface area contributed by atoms with E-state index in [2.05, 4.69) is 10.3 Å². The van der Waals surface area contributed by atoms with Gasteiger partial charge in [-0.15, -0.1) is 11.3 Å². The molecule has 0 spiro atoms. The second kappa shape index (κ2) is 12.5. The van der Waals surface area contributed by atoms with Gasteiger partial charge in [-0.05, 0) is 35.4 Å². The molecule has 34 heavy (non-hydrogen) atoms. The molecule has 2 aromatic carbocycles. The van der Waals surface area contributed by atoms with Crippen molar-refractivity contribution in [3.8, 4) is 10.4 Å². The Morgan fingerprint density at radius 3 is 2.21 bits per heavy atom. The first-order valence-electron chi connectivity index (χ1n) is 9.89. The van der Waals surface area contributed by atoms with Crippen molar-refractivity contribution < 1.29 is 23.1 Å². The number of benzene rings is 2. The third-order valence-corrected chi connectivity index (χ3v) is 6.29. The number of carbonyl (C=O) groups is 2. The predicted octanol–water partition coefficient (Wildman–Crippen LogP) is 1.73. The van der Waals surface area contributed by atoms with Gasteiger partial charge in [-0.25, -0.2) is 18.5 Å². The molecule has 0 unspecified atom stereocenters. The van der Waals surface area contributed by atoms with Gasteiger partial charge >= 0.3 is 5.97 Å². The Balaban J connectivity index is 0.000000340. The smallest absolute Gasteiger partial charge is 0.305 e. The maximum absolute atomic E-state index is 12.0. The minimum atomic E-state index is -3.50. The predicted molar refractivity (Wildman–Crippen MR) is 132 cm³/mol. The number of carboxylic acid groups (broad SMARTS) is 1. The highest BCUT2D eigenvalue weighted by Crippen LogP contribution is 2.31. The maximum Gasteiger partial charge on any atom is 0.305 e. The number of aliphatic carboxylic acids is 1. The summed E-state index contributed by atoms with van der Waals surface area (Å²) in [7, 11) is -3.50. The molecule has 1 amide bonds. The standard InChI is InChI=1S/C16H18N4O3S.C6H7NO2S/c17-16(18)20-9-10-3-1-2-4-11(10)12-5-6-13(24-12)15(23)19-8-7-14(21)22;7-10(8,9)6-4-2-1-3-5-6/h1-6H,7-9H2,(H,19,23)(H,21,22)(H4,17,18,20);1-5H,(H2,7,8,9). The van der Waals surface area contributed by atoms with Crippen LogP contribution in [0.5, 0.6) is 0 Å². The van der Waals surface area contributed by atoms with Gasteiger partial charge in [-0.2, -0.15) is 0 Å². The zero-order valence-electron chi connectivity index (χ0n) is 18.0. The lowest BCUT2D eigenvalue weighted by atomic mass is 10.1. The topological polar surface area (TPSA) is 191 Å². The molecule has 12 heteroatoms. The Labute approximate surface area is 201 Å². The lowest BCUT2D eigenvalue weighted by Crippen LogP contribution is -2.25. The Bertz CT molecular complexity index is 1250. The second-order valence-electron chi connectivity index (χ2n) is 6.82. The first kappa shape index (κ1) is 26.5. The van der Waals surface area contributed by atoms with Crippen molar-refractivity contribution in [3.63, 3.8) is 0 Å². The summed E-state index contributed by atoms with van der Waals surface area (Å²) in [6.07, 6.45) is -0.106. The number of nitrogens with one attached hydrogen (secondary N) is 1. The molecule has 0 bridgehead atoms. The Kier molecular flexibility index (Phi) is 9.74. The lowest BCUT2D eigenvalue weighted by Gasteiger charge is -2.05. The van der Waals surface area contributed by atoms with E-state index in [9.17, 15) is 18.0 Å². The average Bonchev–Trinajstić information content (AvgIpc) is 3.28. The molecule has 0 aliphatic carbocycles. The summed E-state index contributed by atoms with van der Waals surface area (Å²) in [6, 6.07) is 19.1. The van der Waals surface area contributed by atoms with Gasteiger partial charge in [-0.3, -0.25) is 9.59 Å². The molecule has 0 saturated carbocycles. The van der Waals surface area contributed by atoms with Crippen LogP contribution in [-0.4, -0.2) is 37.9 Å². The molecule has 3 rings (SSSR count). The number of rotatable bonds is 8. The summed E-state index contributed by atoms with van der Waals surface area (Å²) in [4.78, 5) is 28.1. The number of primary sulfonamides is 1. The third-order valence-electron chi connectivity index (χ3n) is 4.24. The highest BCUT2D eigenvalue weighted by Gasteiger charge is 2.12. The van der Waals surface area contributed by atoms with Crippen LogP contribution in [0.25, 0.3) is 10.4 Å². The van der Waals surface area contributed by atoms with Crippen LogP contribution in [0.2, 0.25) is 0 Å². The number of carboxylic acids is 1. The molecular weight excluding hydrogens is 478 g/mol. The van der Waals surface area contributed by atoms with Gasteiger partial charge in [0.1, 0.15) is 0 Å². The highest BCUT2D eigenvalue weighted by molar-refractivity contribution is 7.89. The number of aliphatic imine (C=N–C) groups is 1. The van der Waals surface area contributed by atoms with Crippen molar-refractivity contribution in [1.82, 2.24) is 5.32 Å². The molecule has 0 radical (unpaired) electrons. The van der Waals surface area contributed by atoms with Gasteiger partial charge in [0.25, 0.3) is 5.91 Å². The van der Waals surface area contributed by atoms with Crippen LogP contribution < -0.4 is 21.9 Å². The number of nitrogens with zero attached hydrogens (tertiary/aromatic N) is 1. The Hall–Kier alpha value is -3.74. The number of sulfonamides is 1. The fourth-order valence-corrected chi connectivity index (χ4v) is 4.18. The molecule has 0 aliphatic heterocycles. The minimum Gasteiger partial charge on any atom is -0.481 e. The largest absolute Gasteiger partial charge is 0.481 e. The number of carbonyl (C=O) groups excluding carboxylic acids is 1. The molecular formula is C22H25N5O5S2. The van der Waals surface area contributed by atoms with E-state index in [0.29, 0.717) is 11.4 Å². The molecule has 0 atom stereocenters. The van der Waals surface area contributed by atoms with E-state index in [1.165, 1.54) is 23.5 Å². The SMILES string of the molecule is NC(N)=NCc1ccccc1-c1ccc(C(=O)NCCC(=O)O)s1.NS(=O)(=O)c1ccccc1. The van der Waals surface area contributed by atoms with E-state index < -0.39 is 16.0 Å². The molecule has 0 saturated heterocycles. The van der Waals surface area contributed by atoms with Crippen molar-refractivity contribution in [2.75, 3.05) is 6.54 Å². The molecule has 8 N–H and O–H groups in total. The van der Waals surface area contributed by atoms with Crippen LogP contribution in [0.3, 0.4) is 0 Å². The molecule has 10 nitrogen and oxygen atoms in total. The summed E-state index contributed by atoms with van der Waals surface area (Å²) in [5.74, 6) is -1.21. The van der Waals surface area contributed by atoms with Crippen LogP contribution in [0.1, 0.15) is 21.7 Å². The van der Waals surface area contributed by atoms with E-state index in [4.69, 9.17) is 21.7 Å². The van der Waals surface area contributed by atoms with E-state index in [1.54, 1.807) is 24.3 Å². The fourth-order valence-electron chi connectivity index (χ4n) is 2.66. The number of guanidine groups is 1. The summed E-state index contributed by atoms with van der Waals surface area (Å²) in [5, 5.41) is 16.0. The normalized spacial score (nSPS) is 10.5. The van der Waals surface area contributed by atoms with E-state index in [-0.39, 0.29) is 29.7 Å². The molecule has 0 fully saturated rings. The molecule has 0 aliphatic rings. The van der Waals surface area contributed by atoms with Gasteiger partial charge in [0, 0.05) is 11.4 Å². The first-order valence-corrected chi connectivity index (χ1v) is 12.3. The van der Waals surface area contributed by atoms with Gasteiger partial charge in [-0.1, -0.05) is 42.5 Å². The van der Waals surface area contributed by atoms with Crippen molar-refractivity contribution in [2.24, 2.45) is 21.6 Å². The second-order valence-corrected chi connectivity index (χ2v) is 9.47. The first-order chi connectivity index (χ1) is 16.1. The fraction of sp³-hybridized carbons (Fsp3) is 0.136. The Morgan fingerprint density at radius 1 is 0.971 bits per heavy atom. The van der Waals surface area contributed by atoms with Crippen LogP contribution >= 0.6 is 11.3 Å². The van der Waals surface area contributed by atoms with Crippen LogP contribution in [0, 0.1) is 0 Å². The van der Waals surface area contributed by atoms with Crippen molar-refractivity contribution in [1.29, 1.82) is 0 Å². The van der Waals surface area contributed by atoms with Crippen LogP contribution in [0.4, 0.5) is 0 Å². The molecule has 1 aromatic heterocycles. The number of hydrogen-bond donors (Lipinski definition) is 5. The summed E-state index contributed by atoms with van der Waals surface area (Å²) >= 11 is 1.33. The van der Waals surface area contributed by atoms with Gasteiger partial charge in [0.05, 0.1) is 22.7 Å². The van der Waals surface area contributed by atoms with Crippen molar-refractivity contribution >= 4 is 39.2 Å². The summed E-state index contributed by atoms with van der Waals surface area (Å²) in [5.41, 5.74) is 12.7. The minimum absolute atomic E-state index is 0.0227. The number of amides is 1. The number of thiophene rings is 1. The molecule has 3 aromatic rings. The number of nitrogens with two attached hydrogens (primary N) is 3. The van der Waals surface area contributed by atoms with Gasteiger partial charge < -0.3 is 21.9 Å². The van der Waals surface area contributed by atoms with E-state index in [1.807, 2.05) is 30.3 Å². The average molecular weight is 504 g/mol. The van der Waals surface area contributed by atoms with E-state index in [0.717, 1.165) is 16.0 Å². The highest BCUT2D eigenvalue weighted by atomic mass is 32.2. The number of hydrogen-bond acceptors (Lipinski definition) is 6. The van der Waals surface area contributed by atoms with Crippen molar-refractivity contribution in [3.05, 3.63) is 77.2 Å². The third kappa shape index (κ3) is 8.65. The zero-order chi connectivity index (χ0) is 25.1. The van der Waals surface area contributed by atoms with Gasteiger partial charge in [0.15, 0.2) is 5.96 Å².